The Bertz CT molecular complexity index is 407. The van der Waals surface area contributed by atoms with Crippen molar-refractivity contribution in [3.63, 3.8) is 0 Å². The molecule has 1 saturated heterocycles. The Balaban J connectivity index is 1.78. The van der Waals surface area contributed by atoms with Crippen LogP contribution in [0.1, 0.15) is 18.9 Å². The van der Waals surface area contributed by atoms with Crippen LogP contribution in [0.2, 0.25) is 0 Å². The predicted octanol–water partition coefficient (Wildman–Crippen LogP) is 0.972. The Kier molecular flexibility index (Phi) is 4.93. The van der Waals surface area contributed by atoms with Crippen molar-refractivity contribution in [1.29, 1.82) is 0 Å². The molecule has 0 aromatic heterocycles. The van der Waals surface area contributed by atoms with Crippen LogP contribution in [-0.2, 0) is 11.3 Å². The van der Waals surface area contributed by atoms with E-state index in [2.05, 4.69) is 17.1 Å². The number of hydrogen-bond donors (Lipinski definition) is 2. The van der Waals surface area contributed by atoms with Gasteiger partial charge in [-0.15, -0.1) is 0 Å². The summed E-state index contributed by atoms with van der Waals surface area (Å²) >= 11 is 0. The summed E-state index contributed by atoms with van der Waals surface area (Å²) in [5, 5.41) is 2.96. The molecule has 0 saturated carbocycles. The SMILES string of the molecule is CC1CCN(CC(=O)NCc2ccccc2)C1CN. The lowest BCUT2D eigenvalue weighted by atomic mass is 10.0. The number of carbonyl (C=O) groups is 1. The smallest absolute Gasteiger partial charge is 0.234 e. The highest BCUT2D eigenvalue weighted by molar-refractivity contribution is 5.78. The van der Waals surface area contributed by atoms with Crippen LogP contribution < -0.4 is 11.1 Å². The summed E-state index contributed by atoms with van der Waals surface area (Å²) in [4.78, 5) is 14.1. The topological polar surface area (TPSA) is 58.4 Å². The lowest BCUT2D eigenvalue weighted by Gasteiger charge is -2.24. The van der Waals surface area contributed by atoms with Gasteiger partial charge < -0.3 is 11.1 Å². The van der Waals surface area contributed by atoms with E-state index in [1.54, 1.807) is 0 Å². The molecule has 1 amide bonds. The second-order valence-electron chi connectivity index (χ2n) is 5.30. The standard InChI is InChI=1S/C15H23N3O/c1-12-7-8-18(14(12)9-16)11-15(19)17-10-13-5-3-2-4-6-13/h2-6,12,14H,7-11,16H2,1H3,(H,17,19). The van der Waals surface area contributed by atoms with Crippen LogP contribution in [0, 0.1) is 5.92 Å². The van der Waals surface area contributed by atoms with E-state index >= 15 is 0 Å². The molecule has 104 valence electrons. The molecule has 0 radical (unpaired) electrons. The third kappa shape index (κ3) is 3.78. The van der Waals surface area contributed by atoms with Gasteiger partial charge in [-0.3, -0.25) is 9.69 Å². The highest BCUT2D eigenvalue weighted by Crippen LogP contribution is 2.22. The van der Waals surface area contributed by atoms with E-state index < -0.39 is 0 Å². The number of benzene rings is 1. The van der Waals surface area contributed by atoms with E-state index in [1.807, 2.05) is 30.3 Å². The lowest BCUT2D eigenvalue weighted by molar-refractivity contribution is -0.122. The largest absolute Gasteiger partial charge is 0.351 e. The number of likely N-dealkylation sites (tertiary alicyclic amines) is 1. The van der Waals surface area contributed by atoms with Crippen LogP contribution in [0.15, 0.2) is 30.3 Å². The van der Waals surface area contributed by atoms with Gasteiger partial charge in [0.15, 0.2) is 0 Å². The average Bonchev–Trinajstić information content (AvgIpc) is 2.78. The molecular formula is C15H23N3O. The monoisotopic (exact) mass is 261 g/mol. The number of nitrogens with two attached hydrogens (primary N) is 1. The first-order valence-electron chi connectivity index (χ1n) is 6.95. The molecule has 0 aliphatic carbocycles. The molecule has 3 N–H and O–H groups in total. The van der Waals surface area contributed by atoms with Crippen molar-refractivity contribution < 1.29 is 4.79 Å². The van der Waals surface area contributed by atoms with Crippen LogP contribution in [0.4, 0.5) is 0 Å². The molecule has 2 atom stereocenters. The van der Waals surface area contributed by atoms with Crippen molar-refractivity contribution >= 4 is 5.91 Å². The van der Waals surface area contributed by atoms with Crippen LogP contribution >= 0.6 is 0 Å². The molecule has 1 fully saturated rings. The fourth-order valence-electron chi connectivity index (χ4n) is 2.70. The van der Waals surface area contributed by atoms with Crippen LogP contribution in [0.25, 0.3) is 0 Å². The second kappa shape index (κ2) is 6.68. The quantitative estimate of drug-likeness (QED) is 0.830. The van der Waals surface area contributed by atoms with E-state index in [1.165, 1.54) is 0 Å². The van der Waals surface area contributed by atoms with Crippen LogP contribution in [0.3, 0.4) is 0 Å². The van der Waals surface area contributed by atoms with E-state index in [9.17, 15) is 4.79 Å². The van der Waals surface area contributed by atoms with Crippen molar-refractivity contribution in [2.75, 3.05) is 19.6 Å². The number of amides is 1. The minimum atomic E-state index is 0.0800. The molecule has 1 aliphatic rings. The van der Waals surface area contributed by atoms with Gasteiger partial charge >= 0.3 is 0 Å². The zero-order valence-corrected chi connectivity index (χ0v) is 11.5. The average molecular weight is 261 g/mol. The van der Waals surface area contributed by atoms with Crippen molar-refractivity contribution in [1.82, 2.24) is 10.2 Å². The van der Waals surface area contributed by atoms with Gasteiger partial charge in [0.05, 0.1) is 6.54 Å². The number of nitrogens with zero attached hydrogens (tertiary/aromatic N) is 1. The normalized spacial score (nSPS) is 23.5. The van der Waals surface area contributed by atoms with Gasteiger partial charge in [-0.1, -0.05) is 37.3 Å². The molecule has 1 aromatic rings. The van der Waals surface area contributed by atoms with Gasteiger partial charge in [0.25, 0.3) is 0 Å². The lowest BCUT2D eigenvalue weighted by Crippen LogP contribution is -2.44. The summed E-state index contributed by atoms with van der Waals surface area (Å²) in [5.41, 5.74) is 6.91. The molecule has 2 unspecified atom stereocenters. The molecule has 4 nitrogen and oxygen atoms in total. The Morgan fingerprint density at radius 2 is 2.16 bits per heavy atom. The van der Waals surface area contributed by atoms with Gasteiger partial charge in [-0.25, -0.2) is 0 Å². The van der Waals surface area contributed by atoms with Gasteiger partial charge in [-0.05, 0) is 24.4 Å². The molecule has 4 heteroatoms. The molecule has 2 rings (SSSR count). The summed E-state index contributed by atoms with van der Waals surface area (Å²) in [6.07, 6.45) is 1.13. The minimum absolute atomic E-state index is 0.0800. The molecule has 1 aliphatic heterocycles. The van der Waals surface area contributed by atoms with Crippen LogP contribution in [0.5, 0.6) is 0 Å². The molecule has 0 bridgehead atoms. The van der Waals surface area contributed by atoms with Gasteiger partial charge in [0.1, 0.15) is 0 Å². The second-order valence-corrected chi connectivity index (χ2v) is 5.30. The Morgan fingerprint density at radius 3 is 2.84 bits per heavy atom. The molecule has 1 heterocycles. The Morgan fingerprint density at radius 1 is 1.42 bits per heavy atom. The Labute approximate surface area is 115 Å². The Hall–Kier alpha value is -1.39. The fourth-order valence-corrected chi connectivity index (χ4v) is 2.70. The van der Waals surface area contributed by atoms with Gasteiger partial charge in [0.2, 0.25) is 5.91 Å². The number of carbonyl (C=O) groups excluding carboxylic acids is 1. The third-order valence-corrected chi connectivity index (χ3v) is 3.92. The highest BCUT2D eigenvalue weighted by atomic mass is 16.2. The summed E-state index contributed by atoms with van der Waals surface area (Å²) in [5.74, 6) is 0.670. The number of hydrogen-bond acceptors (Lipinski definition) is 3. The van der Waals surface area contributed by atoms with E-state index in [0.717, 1.165) is 18.5 Å². The van der Waals surface area contributed by atoms with Crippen molar-refractivity contribution in [3.05, 3.63) is 35.9 Å². The van der Waals surface area contributed by atoms with Gasteiger partial charge in [0, 0.05) is 19.1 Å². The summed E-state index contributed by atoms with van der Waals surface area (Å²) in [7, 11) is 0. The zero-order chi connectivity index (χ0) is 13.7. The molecule has 19 heavy (non-hydrogen) atoms. The van der Waals surface area contributed by atoms with Crippen molar-refractivity contribution in [2.24, 2.45) is 11.7 Å². The third-order valence-electron chi connectivity index (χ3n) is 3.92. The zero-order valence-electron chi connectivity index (χ0n) is 11.5. The highest BCUT2D eigenvalue weighted by Gasteiger charge is 2.30. The molecule has 0 spiro atoms. The number of nitrogens with one attached hydrogen (secondary N) is 1. The maximum atomic E-state index is 11.9. The first kappa shape index (κ1) is 14.0. The summed E-state index contributed by atoms with van der Waals surface area (Å²) in [6, 6.07) is 10.3. The predicted molar refractivity (Wildman–Crippen MR) is 76.5 cm³/mol. The maximum absolute atomic E-state index is 11.9. The molecule has 1 aromatic carbocycles. The maximum Gasteiger partial charge on any atom is 0.234 e. The van der Waals surface area contributed by atoms with E-state index in [-0.39, 0.29) is 5.91 Å². The first-order chi connectivity index (χ1) is 9.20. The van der Waals surface area contributed by atoms with Gasteiger partial charge in [-0.2, -0.15) is 0 Å². The van der Waals surface area contributed by atoms with E-state index in [0.29, 0.717) is 31.6 Å². The molecular weight excluding hydrogens is 238 g/mol. The fraction of sp³-hybridized carbons (Fsp3) is 0.533. The van der Waals surface area contributed by atoms with Crippen LogP contribution in [-0.4, -0.2) is 36.5 Å². The minimum Gasteiger partial charge on any atom is -0.351 e. The summed E-state index contributed by atoms with van der Waals surface area (Å²) in [6.45, 7) is 4.86. The summed E-state index contributed by atoms with van der Waals surface area (Å²) < 4.78 is 0. The number of rotatable bonds is 5. The van der Waals surface area contributed by atoms with E-state index in [4.69, 9.17) is 5.73 Å². The van der Waals surface area contributed by atoms with Crippen molar-refractivity contribution in [3.8, 4) is 0 Å². The first-order valence-corrected chi connectivity index (χ1v) is 6.95. The van der Waals surface area contributed by atoms with Crippen molar-refractivity contribution in [2.45, 2.75) is 25.9 Å².